The lowest BCUT2D eigenvalue weighted by atomic mass is 10.1. The van der Waals surface area contributed by atoms with Crippen LogP contribution in [0.2, 0.25) is 0 Å². The maximum atomic E-state index is 13.6. The van der Waals surface area contributed by atoms with Crippen molar-refractivity contribution >= 4 is 16.6 Å². The van der Waals surface area contributed by atoms with Gasteiger partial charge in [-0.1, -0.05) is 13.3 Å². The zero-order valence-corrected chi connectivity index (χ0v) is 12.2. The average molecular weight is 287 g/mol. The van der Waals surface area contributed by atoms with Crippen LogP contribution in [0, 0.1) is 24.1 Å². The van der Waals surface area contributed by atoms with Gasteiger partial charge < -0.3 is 10.4 Å². The van der Waals surface area contributed by atoms with Crippen molar-refractivity contribution in [3.8, 4) is 6.07 Å². The molecule has 0 amide bonds. The number of aromatic nitrogens is 1. The molecule has 2 aromatic rings. The predicted molar refractivity (Wildman–Crippen MR) is 80.6 cm³/mol. The maximum absolute atomic E-state index is 13.6. The van der Waals surface area contributed by atoms with Crippen LogP contribution in [0.1, 0.15) is 30.9 Å². The molecule has 2 rings (SSSR count). The Hall–Kier alpha value is -2.19. The Morgan fingerprint density at radius 2 is 2.24 bits per heavy atom. The second kappa shape index (κ2) is 6.51. The van der Waals surface area contributed by atoms with Crippen LogP contribution in [-0.2, 0) is 0 Å². The molecule has 0 radical (unpaired) electrons. The van der Waals surface area contributed by atoms with Crippen LogP contribution in [-0.4, -0.2) is 22.7 Å². The standard InChI is InChI=1S/C16H18FN3O/c1-3-4-13(21)9-20-16-11(7-18)8-19-15-10(2)5-12(17)6-14(15)16/h5-6,8,13,21H,3-4,9H2,1-2H3,(H,19,20). The summed E-state index contributed by atoms with van der Waals surface area (Å²) in [5.74, 6) is -0.367. The molecule has 21 heavy (non-hydrogen) atoms. The van der Waals surface area contributed by atoms with E-state index in [1.165, 1.54) is 18.3 Å². The molecule has 1 aromatic carbocycles. The van der Waals surface area contributed by atoms with Crippen LogP contribution in [0.15, 0.2) is 18.3 Å². The van der Waals surface area contributed by atoms with Crippen LogP contribution in [0.25, 0.3) is 10.9 Å². The zero-order chi connectivity index (χ0) is 15.4. The molecule has 0 aliphatic carbocycles. The number of aryl methyl sites for hydroxylation is 1. The van der Waals surface area contributed by atoms with Crippen LogP contribution in [0.3, 0.4) is 0 Å². The minimum Gasteiger partial charge on any atom is -0.391 e. The summed E-state index contributed by atoms with van der Waals surface area (Å²) in [7, 11) is 0. The van der Waals surface area contributed by atoms with E-state index in [-0.39, 0.29) is 5.82 Å². The van der Waals surface area contributed by atoms with E-state index >= 15 is 0 Å². The number of nitrogens with one attached hydrogen (secondary N) is 1. The number of aliphatic hydroxyl groups is 1. The predicted octanol–water partition coefficient (Wildman–Crippen LogP) is 3.13. The first-order chi connectivity index (χ1) is 10.1. The van der Waals surface area contributed by atoms with E-state index in [4.69, 9.17) is 0 Å². The van der Waals surface area contributed by atoms with Gasteiger partial charge in [0.25, 0.3) is 0 Å². The van der Waals surface area contributed by atoms with Gasteiger partial charge in [-0.15, -0.1) is 0 Å². The van der Waals surface area contributed by atoms with Crippen LogP contribution >= 0.6 is 0 Å². The van der Waals surface area contributed by atoms with Crippen LogP contribution < -0.4 is 5.32 Å². The van der Waals surface area contributed by atoms with Gasteiger partial charge in [0.05, 0.1) is 22.9 Å². The fourth-order valence-electron chi connectivity index (χ4n) is 2.37. The maximum Gasteiger partial charge on any atom is 0.124 e. The fraction of sp³-hybridized carbons (Fsp3) is 0.375. The van der Waals surface area contributed by atoms with Crippen molar-refractivity contribution in [3.63, 3.8) is 0 Å². The molecule has 1 heterocycles. The lowest BCUT2D eigenvalue weighted by molar-refractivity contribution is 0.176. The number of pyridine rings is 1. The van der Waals surface area contributed by atoms with E-state index in [1.54, 1.807) is 6.92 Å². The largest absolute Gasteiger partial charge is 0.391 e. The number of fused-ring (bicyclic) bond motifs is 1. The molecule has 1 unspecified atom stereocenters. The minimum atomic E-state index is -0.501. The molecule has 0 saturated heterocycles. The summed E-state index contributed by atoms with van der Waals surface area (Å²) in [6.45, 7) is 4.09. The highest BCUT2D eigenvalue weighted by molar-refractivity contribution is 5.95. The lowest BCUT2D eigenvalue weighted by Crippen LogP contribution is -2.19. The van der Waals surface area contributed by atoms with E-state index in [0.717, 1.165) is 6.42 Å². The van der Waals surface area contributed by atoms with E-state index in [9.17, 15) is 14.8 Å². The number of rotatable bonds is 5. The van der Waals surface area contributed by atoms with Crippen molar-refractivity contribution in [2.75, 3.05) is 11.9 Å². The third-order valence-corrected chi connectivity index (χ3v) is 3.38. The Morgan fingerprint density at radius 3 is 2.90 bits per heavy atom. The molecule has 0 aliphatic rings. The smallest absolute Gasteiger partial charge is 0.124 e. The Morgan fingerprint density at radius 1 is 1.48 bits per heavy atom. The summed E-state index contributed by atoms with van der Waals surface area (Å²) in [5, 5.41) is 22.7. The molecule has 0 aliphatic heterocycles. The summed E-state index contributed by atoms with van der Waals surface area (Å²) >= 11 is 0. The van der Waals surface area contributed by atoms with Gasteiger partial charge in [0, 0.05) is 18.1 Å². The number of benzene rings is 1. The van der Waals surface area contributed by atoms with Gasteiger partial charge in [0.15, 0.2) is 0 Å². The van der Waals surface area contributed by atoms with Gasteiger partial charge in [-0.3, -0.25) is 4.98 Å². The van der Waals surface area contributed by atoms with Gasteiger partial charge in [0.1, 0.15) is 11.9 Å². The second-order valence-electron chi connectivity index (χ2n) is 5.10. The Kier molecular flexibility index (Phi) is 4.71. The number of aliphatic hydroxyl groups excluding tert-OH is 1. The first-order valence-electron chi connectivity index (χ1n) is 6.97. The molecule has 1 atom stereocenters. The molecule has 0 spiro atoms. The van der Waals surface area contributed by atoms with Crippen molar-refractivity contribution in [1.82, 2.24) is 4.98 Å². The highest BCUT2D eigenvalue weighted by atomic mass is 19.1. The topological polar surface area (TPSA) is 68.9 Å². The quantitative estimate of drug-likeness (QED) is 0.886. The Labute approximate surface area is 123 Å². The highest BCUT2D eigenvalue weighted by Crippen LogP contribution is 2.28. The Balaban J connectivity index is 2.46. The van der Waals surface area contributed by atoms with E-state index < -0.39 is 6.10 Å². The SMILES string of the molecule is CCCC(O)CNc1c(C#N)cnc2c(C)cc(F)cc12. The normalized spacial score (nSPS) is 12.1. The molecule has 4 nitrogen and oxygen atoms in total. The Bertz CT molecular complexity index is 694. The third kappa shape index (κ3) is 3.29. The first kappa shape index (κ1) is 15.2. The van der Waals surface area contributed by atoms with Crippen molar-refractivity contribution in [2.45, 2.75) is 32.8 Å². The number of halogens is 1. The van der Waals surface area contributed by atoms with Gasteiger partial charge in [-0.05, 0) is 31.0 Å². The summed E-state index contributed by atoms with van der Waals surface area (Å²) in [6.07, 6.45) is 2.52. The number of nitrogens with zero attached hydrogens (tertiary/aromatic N) is 2. The number of nitriles is 1. The van der Waals surface area contributed by atoms with E-state index in [2.05, 4.69) is 16.4 Å². The molecule has 110 valence electrons. The van der Waals surface area contributed by atoms with Crippen molar-refractivity contribution < 1.29 is 9.50 Å². The molecule has 5 heteroatoms. The molecule has 1 aromatic heterocycles. The lowest BCUT2D eigenvalue weighted by Gasteiger charge is -2.15. The summed E-state index contributed by atoms with van der Waals surface area (Å²) in [6, 6.07) is 4.83. The molecular formula is C16H18FN3O. The van der Waals surface area contributed by atoms with Gasteiger partial charge in [0.2, 0.25) is 0 Å². The summed E-state index contributed by atoms with van der Waals surface area (Å²) < 4.78 is 13.6. The van der Waals surface area contributed by atoms with Crippen LogP contribution in [0.5, 0.6) is 0 Å². The molecule has 0 bridgehead atoms. The first-order valence-corrected chi connectivity index (χ1v) is 6.97. The van der Waals surface area contributed by atoms with Crippen molar-refractivity contribution in [3.05, 3.63) is 35.3 Å². The van der Waals surface area contributed by atoms with E-state index in [0.29, 0.717) is 40.7 Å². The number of anilines is 1. The summed E-state index contributed by atoms with van der Waals surface area (Å²) in [4.78, 5) is 4.23. The molecule has 0 saturated carbocycles. The second-order valence-corrected chi connectivity index (χ2v) is 5.10. The van der Waals surface area contributed by atoms with Crippen molar-refractivity contribution in [2.24, 2.45) is 0 Å². The fourth-order valence-corrected chi connectivity index (χ4v) is 2.37. The zero-order valence-electron chi connectivity index (χ0n) is 12.2. The summed E-state index contributed by atoms with van der Waals surface area (Å²) in [5.41, 5.74) is 2.24. The van der Waals surface area contributed by atoms with Gasteiger partial charge in [-0.2, -0.15) is 5.26 Å². The van der Waals surface area contributed by atoms with Gasteiger partial charge in [-0.25, -0.2) is 4.39 Å². The molecule has 2 N–H and O–H groups in total. The van der Waals surface area contributed by atoms with E-state index in [1.807, 2.05) is 6.92 Å². The van der Waals surface area contributed by atoms with Crippen molar-refractivity contribution in [1.29, 1.82) is 5.26 Å². The average Bonchev–Trinajstić information content (AvgIpc) is 2.44. The third-order valence-electron chi connectivity index (χ3n) is 3.38. The molecule has 0 fully saturated rings. The van der Waals surface area contributed by atoms with Gasteiger partial charge >= 0.3 is 0 Å². The minimum absolute atomic E-state index is 0.317. The number of hydrogen-bond acceptors (Lipinski definition) is 4. The highest BCUT2D eigenvalue weighted by Gasteiger charge is 2.13. The van der Waals surface area contributed by atoms with Crippen LogP contribution in [0.4, 0.5) is 10.1 Å². The monoisotopic (exact) mass is 287 g/mol. The number of hydrogen-bond donors (Lipinski definition) is 2. The molecular weight excluding hydrogens is 269 g/mol.